The van der Waals surface area contributed by atoms with Crippen molar-refractivity contribution in [1.82, 2.24) is 14.7 Å². The van der Waals surface area contributed by atoms with Gasteiger partial charge in [0.05, 0.1) is 25.4 Å². The van der Waals surface area contributed by atoms with Crippen molar-refractivity contribution in [2.45, 2.75) is 11.8 Å². The molecule has 28 heavy (non-hydrogen) atoms. The normalized spacial score (nSPS) is 14.1. The maximum atomic E-state index is 12.5. The quantitative estimate of drug-likeness (QED) is 0.690. The van der Waals surface area contributed by atoms with Gasteiger partial charge in [0.15, 0.2) is 0 Å². The number of benzene rings is 1. The van der Waals surface area contributed by atoms with E-state index >= 15 is 0 Å². The van der Waals surface area contributed by atoms with Gasteiger partial charge in [-0.2, -0.15) is 0 Å². The summed E-state index contributed by atoms with van der Waals surface area (Å²) in [4.78, 5) is 42.5. The molecule has 8 nitrogen and oxygen atoms in total. The van der Waals surface area contributed by atoms with Crippen LogP contribution in [-0.2, 0) is 14.3 Å². The van der Waals surface area contributed by atoms with Crippen LogP contribution in [0.4, 0.5) is 10.5 Å². The number of hydrogen-bond donors (Lipinski definition) is 1. The lowest BCUT2D eigenvalue weighted by atomic mass is 10.3. The summed E-state index contributed by atoms with van der Waals surface area (Å²) in [6.07, 6.45) is 1.62. The molecule has 1 aliphatic rings. The number of nitrogens with one attached hydrogen (secondary N) is 1. The highest BCUT2D eigenvalue weighted by Gasteiger charge is 2.25. The lowest BCUT2D eigenvalue weighted by Gasteiger charge is -2.34. The van der Waals surface area contributed by atoms with Crippen LogP contribution in [-0.4, -0.2) is 91.8 Å². The number of para-hydroxylation sites is 1. The number of ether oxygens (including phenoxy) is 1. The molecule has 0 spiro atoms. The second kappa shape index (κ2) is 10.9. The Morgan fingerprint density at radius 1 is 1.11 bits per heavy atom. The van der Waals surface area contributed by atoms with Crippen LogP contribution in [0.15, 0.2) is 29.2 Å². The molecular formula is C19H28N4O4S. The van der Waals surface area contributed by atoms with Gasteiger partial charge in [0.25, 0.3) is 0 Å². The van der Waals surface area contributed by atoms with E-state index in [1.807, 2.05) is 30.5 Å². The van der Waals surface area contributed by atoms with Crippen molar-refractivity contribution in [1.29, 1.82) is 0 Å². The lowest BCUT2D eigenvalue weighted by molar-refractivity contribution is -0.134. The van der Waals surface area contributed by atoms with Crippen molar-refractivity contribution in [2.75, 3.05) is 64.5 Å². The van der Waals surface area contributed by atoms with Crippen LogP contribution in [0.1, 0.15) is 6.92 Å². The summed E-state index contributed by atoms with van der Waals surface area (Å²) in [5.74, 6) is -0.216. The predicted molar refractivity (Wildman–Crippen MR) is 110 cm³/mol. The maximum absolute atomic E-state index is 12.5. The Kier molecular flexibility index (Phi) is 8.59. The van der Waals surface area contributed by atoms with Crippen LogP contribution >= 0.6 is 11.8 Å². The summed E-state index contributed by atoms with van der Waals surface area (Å²) in [5.41, 5.74) is 0.773. The Morgan fingerprint density at radius 2 is 1.75 bits per heavy atom. The summed E-state index contributed by atoms with van der Waals surface area (Å²) in [6, 6.07) is 7.61. The molecule has 1 aromatic rings. The van der Waals surface area contributed by atoms with Crippen molar-refractivity contribution in [3.8, 4) is 0 Å². The first-order chi connectivity index (χ1) is 13.4. The van der Waals surface area contributed by atoms with Gasteiger partial charge in [-0.15, -0.1) is 11.8 Å². The Hall–Kier alpha value is -2.26. The van der Waals surface area contributed by atoms with Crippen molar-refractivity contribution in [2.24, 2.45) is 0 Å². The topological polar surface area (TPSA) is 82.2 Å². The number of rotatable bonds is 7. The molecule has 2 rings (SSSR count). The minimum Gasteiger partial charge on any atom is -0.450 e. The van der Waals surface area contributed by atoms with Crippen LogP contribution < -0.4 is 5.32 Å². The van der Waals surface area contributed by atoms with Crippen LogP contribution in [0, 0.1) is 0 Å². The molecule has 1 N–H and O–H groups in total. The Bertz CT molecular complexity index is 692. The first-order valence-corrected chi connectivity index (χ1v) is 10.5. The third-order valence-electron chi connectivity index (χ3n) is 4.36. The molecule has 0 unspecified atom stereocenters. The Balaban J connectivity index is 1.76. The fourth-order valence-electron chi connectivity index (χ4n) is 2.92. The van der Waals surface area contributed by atoms with E-state index in [4.69, 9.17) is 4.74 Å². The predicted octanol–water partition coefficient (Wildman–Crippen LogP) is 1.58. The van der Waals surface area contributed by atoms with Gasteiger partial charge in [-0.1, -0.05) is 12.1 Å². The minimum absolute atomic E-state index is 0.0525. The van der Waals surface area contributed by atoms with E-state index in [9.17, 15) is 14.4 Å². The Morgan fingerprint density at radius 3 is 2.39 bits per heavy atom. The highest BCUT2D eigenvalue weighted by molar-refractivity contribution is 7.98. The first kappa shape index (κ1) is 22.0. The van der Waals surface area contributed by atoms with Crippen molar-refractivity contribution < 1.29 is 19.1 Å². The monoisotopic (exact) mass is 408 g/mol. The van der Waals surface area contributed by atoms with E-state index in [2.05, 4.69) is 5.32 Å². The summed E-state index contributed by atoms with van der Waals surface area (Å²) < 4.78 is 4.98. The molecule has 1 fully saturated rings. The van der Waals surface area contributed by atoms with Gasteiger partial charge in [-0.05, 0) is 32.4 Å². The molecule has 1 aliphatic heterocycles. The smallest absolute Gasteiger partial charge is 0.409 e. The number of carbonyl (C=O) groups is 3. The molecule has 1 saturated heterocycles. The number of anilines is 1. The highest BCUT2D eigenvalue weighted by atomic mass is 32.2. The molecule has 1 heterocycles. The number of thioether (sulfide) groups is 1. The second-order valence-corrected chi connectivity index (χ2v) is 7.34. The molecule has 0 aromatic heterocycles. The van der Waals surface area contributed by atoms with E-state index in [1.165, 1.54) is 0 Å². The summed E-state index contributed by atoms with van der Waals surface area (Å²) in [6.45, 7) is 4.24. The molecule has 1 aromatic carbocycles. The molecule has 0 saturated carbocycles. The van der Waals surface area contributed by atoms with E-state index in [0.717, 1.165) is 10.6 Å². The van der Waals surface area contributed by atoms with Crippen LogP contribution in [0.5, 0.6) is 0 Å². The molecule has 154 valence electrons. The van der Waals surface area contributed by atoms with E-state index in [-0.39, 0.29) is 31.0 Å². The zero-order valence-electron chi connectivity index (χ0n) is 16.6. The maximum Gasteiger partial charge on any atom is 0.409 e. The van der Waals surface area contributed by atoms with Gasteiger partial charge in [-0.25, -0.2) is 4.79 Å². The third kappa shape index (κ3) is 6.42. The zero-order chi connectivity index (χ0) is 20.5. The van der Waals surface area contributed by atoms with Crippen molar-refractivity contribution >= 4 is 35.4 Å². The number of nitrogens with zero attached hydrogens (tertiary/aromatic N) is 3. The van der Waals surface area contributed by atoms with Crippen LogP contribution in [0.25, 0.3) is 0 Å². The molecule has 3 amide bonds. The molecule has 0 bridgehead atoms. The van der Waals surface area contributed by atoms with Gasteiger partial charge in [0.1, 0.15) is 0 Å². The molecule has 9 heteroatoms. The number of hydrogen-bond acceptors (Lipinski definition) is 6. The summed E-state index contributed by atoms with van der Waals surface area (Å²) in [5, 5.41) is 2.89. The first-order valence-electron chi connectivity index (χ1n) is 9.25. The number of carbonyl (C=O) groups excluding carboxylic acids is 3. The summed E-state index contributed by atoms with van der Waals surface area (Å²) >= 11 is 1.56. The van der Waals surface area contributed by atoms with Crippen LogP contribution in [0.3, 0.4) is 0 Å². The van der Waals surface area contributed by atoms with Crippen molar-refractivity contribution in [3.05, 3.63) is 24.3 Å². The zero-order valence-corrected chi connectivity index (χ0v) is 17.5. The lowest BCUT2D eigenvalue weighted by Crippen LogP contribution is -2.52. The molecule has 0 aliphatic carbocycles. The number of likely N-dealkylation sites (N-methyl/N-ethyl adjacent to an activating group) is 1. The number of amides is 3. The van der Waals surface area contributed by atoms with Gasteiger partial charge < -0.3 is 19.9 Å². The average Bonchev–Trinajstić information content (AvgIpc) is 2.68. The standard InChI is InChI=1S/C19H28N4O4S/c1-4-27-19(26)23-11-9-22(10-12-23)18(25)14-21(2)13-17(24)20-15-7-5-6-8-16(15)28-3/h5-8H,4,9-14H2,1-3H3,(H,20,24). The largest absolute Gasteiger partial charge is 0.450 e. The van der Waals surface area contributed by atoms with E-state index in [1.54, 1.807) is 40.4 Å². The Labute approximate surface area is 170 Å². The average molecular weight is 409 g/mol. The number of piperazine rings is 1. The van der Waals surface area contributed by atoms with Crippen molar-refractivity contribution in [3.63, 3.8) is 0 Å². The summed E-state index contributed by atoms with van der Waals surface area (Å²) in [7, 11) is 1.74. The fourth-order valence-corrected chi connectivity index (χ4v) is 3.48. The van der Waals surface area contributed by atoms with Gasteiger partial charge in [0, 0.05) is 31.1 Å². The van der Waals surface area contributed by atoms with E-state index < -0.39 is 0 Å². The third-order valence-corrected chi connectivity index (χ3v) is 5.15. The van der Waals surface area contributed by atoms with E-state index in [0.29, 0.717) is 32.8 Å². The van der Waals surface area contributed by atoms with Gasteiger partial charge >= 0.3 is 6.09 Å². The van der Waals surface area contributed by atoms with Gasteiger partial charge in [0.2, 0.25) is 11.8 Å². The molecule has 0 atom stereocenters. The van der Waals surface area contributed by atoms with Gasteiger partial charge in [-0.3, -0.25) is 14.5 Å². The molecule has 0 radical (unpaired) electrons. The fraction of sp³-hybridized carbons (Fsp3) is 0.526. The van der Waals surface area contributed by atoms with Crippen LogP contribution in [0.2, 0.25) is 0 Å². The SMILES string of the molecule is CCOC(=O)N1CCN(C(=O)CN(C)CC(=O)Nc2ccccc2SC)CC1. The highest BCUT2D eigenvalue weighted by Crippen LogP contribution is 2.24. The minimum atomic E-state index is -0.339. The second-order valence-electron chi connectivity index (χ2n) is 6.49. The molecular weight excluding hydrogens is 380 g/mol.